The minimum atomic E-state index is -0.455. The van der Waals surface area contributed by atoms with Crippen molar-refractivity contribution in [1.29, 1.82) is 0 Å². The second kappa shape index (κ2) is 8.10. The van der Waals surface area contributed by atoms with Crippen molar-refractivity contribution in [2.45, 2.75) is 58.6 Å². The SMILES string of the molecule is Cc1ccc(Cc2cc3c(c(C)c2C)OCN([C@H]2CCC[C@@H]2O)C3=O)cn1.Cl. The van der Waals surface area contributed by atoms with Crippen LogP contribution in [0.4, 0.5) is 0 Å². The van der Waals surface area contributed by atoms with Gasteiger partial charge in [0, 0.05) is 11.9 Å². The van der Waals surface area contributed by atoms with Gasteiger partial charge in [0.05, 0.1) is 17.7 Å². The first-order chi connectivity index (χ1) is 13.0. The number of nitrogens with zero attached hydrogens (tertiary/aromatic N) is 2. The number of carbonyl (C=O) groups excluding carboxylic acids is 1. The highest BCUT2D eigenvalue weighted by atomic mass is 35.5. The monoisotopic (exact) mass is 402 g/mol. The number of aryl methyl sites for hydroxylation is 1. The number of halogens is 1. The Hall–Kier alpha value is -2.11. The van der Waals surface area contributed by atoms with E-state index in [9.17, 15) is 9.90 Å². The molecule has 1 aliphatic carbocycles. The van der Waals surface area contributed by atoms with E-state index in [0.29, 0.717) is 11.3 Å². The third-order valence-corrected chi connectivity index (χ3v) is 6.00. The maximum absolute atomic E-state index is 13.2. The summed E-state index contributed by atoms with van der Waals surface area (Å²) in [6, 6.07) is 5.91. The van der Waals surface area contributed by atoms with Gasteiger partial charge in [-0.25, -0.2) is 0 Å². The minimum Gasteiger partial charge on any atom is -0.472 e. The van der Waals surface area contributed by atoms with Crippen molar-refractivity contribution in [3.05, 3.63) is 57.9 Å². The lowest BCUT2D eigenvalue weighted by Crippen LogP contribution is -2.48. The van der Waals surface area contributed by atoms with Crippen molar-refractivity contribution in [3.8, 4) is 5.75 Å². The first-order valence-corrected chi connectivity index (χ1v) is 9.62. The summed E-state index contributed by atoms with van der Waals surface area (Å²) in [4.78, 5) is 19.3. The number of hydrogen-bond acceptors (Lipinski definition) is 4. The van der Waals surface area contributed by atoms with Crippen LogP contribution in [0, 0.1) is 20.8 Å². The molecule has 1 aromatic carbocycles. The Bertz CT molecular complexity index is 882. The Balaban J connectivity index is 0.00000225. The van der Waals surface area contributed by atoms with Crippen molar-refractivity contribution >= 4 is 18.3 Å². The van der Waals surface area contributed by atoms with E-state index in [4.69, 9.17) is 4.74 Å². The van der Waals surface area contributed by atoms with Crippen molar-refractivity contribution in [2.24, 2.45) is 0 Å². The number of aliphatic hydroxyl groups is 1. The summed E-state index contributed by atoms with van der Waals surface area (Å²) >= 11 is 0. The van der Waals surface area contributed by atoms with Crippen LogP contribution in [0.15, 0.2) is 24.4 Å². The van der Waals surface area contributed by atoms with Gasteiger partial charge in [0.15, 0.2) is 6.73 Å². The molecule has 0 bridgehead atoms. The van der Waals surface area contributed by atoms with Crippen LogP contribution in [0.25, 0.3) is 0 Å². The quantitative estimate of drug-likeness (QED) is 0.849. The molecule has 0 unspecified atom stereocenters. The lowest BCUT2D eigenvalue weighted by Gasteiger charge is -2.36. The molecule has 6 heteroatoms. The van der Waals surface area contributed by atoms with Gasteiger partial charge in [-0.15, -0.1) is 12.4 Å². The third-order valence-electron chi connectivity index (χ3n) is 6.00. The molecule has 1 aliphatic heterocycles. The molecular weight excluding hydrogens is 376 g/mol. The maximum atomic E-state index is 13.2. The van der Waals surface area contributed by atoms with Gasteiger partial charge in [-0.2, -0.15) is 0 Å². The summed E-state index contributed by atoms with van der Waals surface area (Å²) in [5.41, 5.74) is 6.00. The third kappa shape index (κ3) is 3.61. The number of benzene rings is 1. The van der Waals surface area contributed by atoms with Crippen molar-refractivity contribution in [2.75, 3.05) is 6.73 Å². The van der Waals surface area contributed by atoms with Crippen LogP contribution in [0.3, 0.4) is 0 Å². The van der Waals surface area contributed by atoms with E-state index in [1.54, 1.807) is 4.90 Å². The molecule has 1 aromatic heterocycles. The number of rotatable bonds is 3. The highest BCUT2D eigenvalue weighted by Crippen LogP contribution is 2.36. The lowest BCUT2D eigenvalue weighted by molar-refractivity contribution is 0.0125. The van der Waals surface area contributed by atoms with Crippen molar-refractivity contribution < 1.29 is 14.6 Å². The summed E-state index contributed by atoms with van der Waals surface area (Å²) in [5.74, 6) is 0.653. The topological polar surface area (TPSA) is 62.7 Å². The highest BCUT2D eigenvalue weighted by Gasteiger charge is 2.38. The molecule has 2 atom stereocenters. The Kier molecular flexibility index (Phi) is 5.96. The first-order valence-electron chi connectivity index (χ1n) is 9.62. The number of hydrogen-bond donors (Lipinski definition) is 1. The van der Waals surface area contributed by atoms with E-state index in [1.807, 2.05) is 32.2 Å². The van der Waals surface area contributed by atoms with Crippen LogP contribution < -0.4 is 4.74 Å². The number of aromatic nitrogens is 1. The summed E-state index contributed by atoms with van der Waals surface area (Å²) < 4.78 is 5.98. The van der Waals surface area contributed by atoms with Crippen molar-refractivity contribution in [1.82, 2.24) is 9.88 Å². The van der Waals surface area contributed by atoms with Crippen molar-refractivity contribution in [3.63, 3.8) is 0 Å². The molecule has 1 amide bonds. The lowest BCUT2D eigenvalue weighted by atomic mass is 9.93. The first kappa shape index (κ1) is 20.6. The number of fused-ring (bicyclic) bond motifs is 1. The zero-order valence-corrected chi connectivity index (χ0v) is 17.4. The van der Waals surface area contributed by atoms with Gasteiger partial charge in [-0.05, 0) is 80.8 Å². The fourth-order valence-corrected chi connectivity index (χ4v) is 4.19. The summed E-state index contributed by atoms with van der Waals surface area (Å²) in [6.45, 7) is 6.28. The van der Waals surface area contributed by atoms with Crippen LogP contribution in [0.1, 0.15) is 57.6 Å². The predicted octanol–water partition coefficient (Wildman–Crippen LogP) is 3.72. The van der Waals surface area contributed by atoms with Gasteiger partial charge in [0.1, 0.15) is 5.75 Å². The van der Waals surface area contributed by atoms with Gasteiger partial charge in [0.2, 0.25) is 0 Å². The normalized spacial score (nSPS) is 21.1. The van der Waals surface area contributed by atoms with E-state index in [2.05, 4.69) is 18.0 Å². The standard InChI is InChI=1S/C22H26N2O3.ClH/c1-13-7-8-16(11-23-13)9-17-10-18-21(15(3)14(17)2)27-12-24(22(18)26)19-5-4-6-20(19)25;/h7-8,10-11,19-20,25H,4-6,9,12H2,1-3H3;1H/t19-,20-;/m0./s1. The average molecular weight is 403 g/mol. The summed E-state index contributed by atoms with van der Waals surface area (Å²) in [6.07, 6.45) is 4.69. The van der Waals surface area contributed by atoms with Crippen LogP contribution in [-0.2, 0) is 6.42 Å². The smallest absolute Gasteiger partial charge is 0.260 e. The van der Waals surface area contributed by atoms with E-state index >= 15 is 0 Å². The number of pyridine rings is 1. The molecule has 28 heavy (non-hydrogen) atoms. The van der Waals surface area contributed by atoms with Gasteiger partial charge >= 0.3 is 0 Å². The molecule has 0 spiro atoms. The zero-order chi connectivity index (χ0) is 19.1. The number of aliphatic hydroxyl groups excluding tert-OH is 1. The fourth-order valence-electron chi connectivity index (χ4n) is 4.19. The predicted molar refractivity (Wildman–Crippen MR) is 110 cm³/mol. The highest BCUT2D eigenvalue weighted by molar-refractivity contribution is 5.99. The van der Waals surface area contributed by atoms with Gasteiger partial charge in [0.25, 0.3) is 5.91 Å². The van der Waals surface area contributed by atoms with Crippen LogP contribution >= 0.6 is 12.4 Å². The largest absolute Gasteiger partial charge is 0.472 e. The molecule has 1 N–H and O–H groups in total. The maximum Gasteiger partial charge on any atom is 0.260 e. The molecule has 150 valence electrons. The van der Waals surface area contributed by atoms with Gasteiger partial charge in [-0.3, -0.25) is 14.7 Å². The van der Waals surface area contributed by atoms with Crippen LogP contribution in [0.5, 0.6) is 5.75 Å². The zero-order valence-electron chi connectivity index (χ0n) is 16.6. The van der Waals surface area contributed by atoms with Gasteiger partial charge < -0.3 is 9.84 Å². The van der Waals surface area contributed by atoms with Crippen LogP contribution in [0.2, 0.25) is 0 Å². The molecule has 0 radical (unpaired) electrons. The Morgan fingerprint density at radius 3 is 2.64 bits per heavy atom. The second-order valence-corrected chi connectivity index (χ2v) is 7.76. The summed E-state index contributed by atoms with van der Waals surface area (Å²) in [5, 5.41) is 10.2. The summed E-state index contributed by atoms with van der Waals surface area (Å²) in [7, 11) is 0. The Morgan fingerprint density at radius 2 is 2.00 bits per heavy atom. The molecule has 2 aromatic rings. The number of amides is 1. The molecule has 1 fully saturated rings. The minimum absolute atomic E-state index is 0. The van der Waals surface area contributed by atoms with E-state index < -0.39 is 6.10 Å². The molecule has 5 nitrogen and oxygen atoms in total. The van der Waals surface area contributed by atoms with E-state index in [-0.39, 0.29) is 31.1 Å². The van der Waals surface area contributed by atoms with E-state index in [1.165, 1.54) is 0 Å². The average Bonchev–Trinajstić information content (AvgIpc) is 3.08. The molecular formula is C22H27ClN2O3. The molecule has 2 aliphatic rings. The molecule has 0 saturated heterocycles. The molecule has 1 saturated carbocycles. The Labute approximate surface area is 172 Å². The fraction of sp³-hybridized carbons (Fsp3) is 0.455. The number of ether oxygens (including phenoxy) is 1. The Morgan fingerprint density at radius 1 is 1.21 bits per heavy atom. The molecule has 4 rings (SSSR count). The second-order valence-electron chi connectivity index (χ2n) is 7.76. The van der Waals surface area contributed by atoms with E-state index in [0.717, 1.165) is 53.6 Å². The molecule has 2 heterocycles. The van der Waals surface area contributed by atoms with Crippen LogP contribution in [-0.4, -0.2) is 39.8 Å². The number of carbonyl (C=O) groups is 1. The van der Waals surface area contributed by atoms with Gasteiger partial charge in [-0.1, -0.05) is 6.07 Å².